The summed E-state index contributed by atoms with van der Waals surface area (Å²) in [6.07, 6.45) is 0. The number of carbonyl (C=O) groups excluding carboxylic acids is 1. The first-order chi connectivity index (χ1) is 12.5. The van der Waals surface area contributed by atoms with E-state index >= 15 is 0 Å². The summed E-state index contributed by atoms with van der Waals surface area (Å²) in [5.74, 6) is -1.37. The number of nitrogens with one attached hydrogen (secondary N) is 2. The molecule has 0 radical (unpaired) electrons. The largest absolute Gasteiger partial charge is 0.494 e. The summed E-state index contributed by atoms with van der Waals surface area (Å²) < 4.78 is 31.9. The molecule has 0 atom stereocenters. The summed E-state index contributed by atoms with van der Waals surface area (Å²) in [6.45, 7) is 2.50. The molecule has 0 aliphatic carbocycles. The topological polar surface area (TPSA) is 63.2 Å². The highest BCUT2D eigenvalue weighted by Crippen LogP contribution is 2.24. The Labute approximate surface area is 152 Å². The van der Waals surface area contributed by atoms with E-state index in [1.54, 1.807) is 5.38 Å². The van der Waals surface area contributed by atoms with Crippen LogP contribution in [0.25, 0.3) is 0 Å². The number of ether oxygens (including phenoxy) is 1. The van der Waals surface area contributed by atoms with Gasteiger partial charge in [0.1, 0.15) is 23.1 Å². The highest BCUT2D eigenvalue weighted by molar-refractivity contribution is 7.14. The highest BCUT2D eigenvalue weighted by Gasteiger charge is 2.13. The molecule has 0 bridgehead atoms. The van der Waals surface area contributed by atoms with E-state index in [1.165, 1.54) is 11.3 Å². The van der Waals surface area contributed by atoms with E-state index < -0.39 is 17.5 Å². The minimum absolute atomic E-state index is 0.106. The second kappa shape index (κ2) is 7.92. The zero-order valence-corrected chi connectivity index (χ0v) is 14.6. The number of amides is 1. The predicted molar refractivity (Wildman–Crippen MR) is 97.3 cm³/mol. The number of carbonyl (C=O) groups is 1. The summed E-state index contributed by atoms with van der Waals surface area (Å²) in [7, 11) is 0. The van der Waals surface area contributed by atoms with Gasteiger partial charge < -0.3 is 15.4 Å². The molecule has 8 heteroatoms. The van der Waals surface area contributed by atoms with Crippen LogP contribution >= 0.6 is 11.3 Å². The Kier molecular flexibility index (Phi) is 5.43. The van der Waals surface area contributed by atoms with Crippen molar-refractivity contribution >= 4 is 33.8 Å². The van der Waals surface area contributed by atoms with Crippen LogP contribution in [0, 0.1) is 11.6 Å². The number of thiazole rings is 1. The van der Waals surface area contributed by atoms with Gasteiger partial charge in [-0.3, -0.25) is 4.79 Å². The van der Waals surface area contributed by atoms with Gasteiger partial charge in [-0.2, -0.15) is 0 Å². The van der Waals surface area contributed by atoms with Crippen LogP contribution in [-0.2, 0) is 0 Å². The van der Waals surface area contributed by atoms with Gasteiger partial charge in [0.2, 0.25) is 0 Å². The second-order valence-electron chi connectivity index (χ2n) is 5.20. The van der Waals surface area contributed by atoms with Crippen LogP contribution in [0.3, 0.4) is 0 Å². The van der Waals surface area contributed by atoms with E-state index in [2.05, 4.69) is 15.6 Å². The maximum absolute atomic E-state index is 13.6. The quantitative estimate of drug-likeness (QED) is 0.649. The third-order valence-corrected chi connectivity index (χ3v) is 4.09. The second-order valence-corrected chi connectivity index (χ2v) is 6.06. The number of hydrogen-bond acceptors (Lipinski definition) is 5. The molecule has 0 aliphatic heterocycles. The van der Waals surface area contributed by atoms with Crippen LogP contribution in [0.4, 0.5) is 25.3 Å². The fourth-order valence-electron chi connectivity index (χ4n) is 2.14. The van der Waals surface area contributed by atoms with Crippen molar-refractivity contribution in [1.29, 1.82) is 0 Å². The molecule has 0 unspecified atom stereocenters. The number of rotatable bonds is 6. The first kappa shape index (κ1) is 17.8. The van der Waals surface area contributed by atoms with Crippen molar-refractivity contribution in [2.45, 2.75) is 6.92 Å². The standard InChI is InChI=1S/C18H15F2N3O2S/c1-2-25-13-6-4-12(5-7-13)21-18-23-16(10-26-18)17(24)22-15-8-3-11(19)9-14(15)20/h3-10H,2H2,1H3,(H,21,23)(H,22,24). The van der Waals surface area contributed by atoms with Gasteiger partial charge in [0.15, 0.2) is 5.13 Å². The molecule has 1 aromatic heterocycles. The van der Waals surface area contributed by atoms with E-state index in [0.29, 0.717) is 17.8 Å². The highest BCUT2D eigenvalue weighted by atomic mass is 32.1. The zero-order valence-electron chi connectivity index (χ0n) is 13.8. The van der Waals surface area contributed by atoms with Crippen LogP contribution in [-0.4, -0.2) is 17.5 Å². The van der Waals surface area contributed by atoms with Crippen molar-refractivity contribution in [3.05, 3.63) is 65.2 Å². The Morgan fingerprint density at radius 2 is 1.96 bits per heavy atom. The molecule has 0 aliphatic rings. The van der Waals surface area contributed by atoms with Crippen molar-refractivity contribution in [3.63, 3.8) is 0 Å². The van der Waals surface area contributed by atoms with E-state index in [0.717, 1.165) is 23.6 Å². The number of hydrogen-bond donors (Lipinski definition) is 2. The van der Waals surface area contributed by atoms with Crippen LogP contribution in [0.1, 0.15) is 17.4 Å². The minimum Gasteiger partial charge on any atom is -0.494 e. The third kappa shape index (κ3) is 4.34. The van der Waals surface area contributed by atoms with E-state index in [9.17, 15) is 13.6 Å². The molecule has 0 spiro atoms. The van der Waals surface area contributed by atoms with Gasteiger partial charge in [0.05, 0.1) is 12.3 Å². The van der Waals surface area contributed by atoms with Gasteiger partial charge in [-0.05, 0) is 43.3 Å². The van der Waals surface area contributed by atoms with E-state index in [1.807, 2.05) is 31.2 Å². The molecule has 0 saturated heterocycles. The van der Waals surface area contributed by atoms with Crippen molar-refractivity contribution in [2.75, 3.05) is 17.2 Å². The Bertz CT molecular complexity index is 913. The summed E-state index contributed by atoms with van der Waals surface area (Å²) in [6, 6.07) is 10.2. The lowest BCUT2D eigenvalue weighted by Crippen LogP contribution is -2.13. The minimum atomic E-state index is -0.846. The van der Waals surface area contributed by atoms with Gasteiger partial charge in [0.25, 0.3) is 5.91 Å². The maximum Gasteiger partial charge on any atom is 0.275 e. The van der Waals surface area contributed by atoms with Crippen LogP contribution in [0.15, 0.2) is 47.8 Å². The molecule has 0 fully saturated rings. The van der Waals surface area contributed by atoms with Gasteiger partial charge in [-0.1, -0.05) is 0 Å². The summed E-state index contributed by atoms with van der Waals surface area (Å²) in [5.41, 5.74) is 0.817. The molecular formula is C18H15F2N3O2S. The van der Waals surface area contributed by atoms with Crippen molar-refractivity contribution in [1.82, 2.24) is 4.98 Å². The lowest BCUT2D eigenvalue weighted by atomic mass is 10.3. The van der Waals surface area contributed by atoms with Gasteiger partial charge in [-0.25, -0.2) is 13.8 Å². The van der Waals surface area contributed by atoms with Crippen LogP contribution < -0.4 is 15.4 Å². The number of benzene rings is 2. The zero-order chi connectivity index (χ0) is 18.5. The molecule has 26 heavy (non-hydrogen) atoms. The first-order valence-electron chi connectivity index (χ1n) is 7.77. The van der Waals surface area contributed by atoms with Crippen molar-refractivity contribution < 1.29 is 18.3 Å². The third-order valence-electron chi connectivity index (χ3n) is 3.33. The fourth-order valence-corrected chi connectivity index (χ4v) is 2.85. The van der Waals surface area contributed by atoms with Crippen LogP contribution in [0.5, 0.6) is 5.75 Å². The Hall–Kier alpha value is -3.00. The molecule has 3 rings (SSSR count). The first-order valence-corrected chi connectivity index (χ1v) is 8.65. The summed E-state index contributed by atoms with van der Waals surface area (Å²) in [4.78, 5) is 16.3. The molecule has 3 aromatic rings. The Morgan fingerprint density at radius 3 is 2.65 bits per heavy atom. The molecule has 0 saturated carbocycles. The molecule has 1 amide bonds. The average molecular weight is 375 g/mol. The number of nitrogens with zero attached hydrogens (tertiary/aromatic N) is 1. The van der Waals surface area contributed by atoms with E-state index in [-0.39, 0.29) is 11.4 Å². The lowest BCUT2D eigenvalue weighted by Gasteiger charge is -2.06. The Balaban J connectivity index is 1.66. The van der Waals surface area contributed by atoms with E-state index in [4.69, 9.17) is 4.74 Å². The Morgan fingerprint density at radius 1 is 1.19 bits per heavy atom. The molecule has 134 valence electrons. The normalized spacial score (nSPS) is 10.4. The smallest absolute Gasteiger partial charge is 0.275 e. The summed E-state index contributed by atoms with van der Waals surface area (Å²) in [5, 5.41) is 7.51. The predicted octanol–water partition coefficient (Wildman–Crippen LogP) is 4.82. The van der Waals surface area contributed by atoms with Gasteiger partial charge in [-0.15, -0.1) is 11.3 Å². The summed E-state index contributed by atoms with van der Waals surface area (Å²) >= 11 is 1.24. The van der Waals surface area contributed by atoms with Crippen LogP contribution in [0.2, 0.25) is 0 Å². The SMILES string of the molecule is CCOc1ccc(Nc2nc(C(=O)Nc3ccc(F)cc3F)cs2)cc1. The molecule has 2 N–H and O–H groups in total. The fraction of sp³-hybridized carbons (Fsp3) is 0.111. The molecule has 1 heterocycles. The van der Waals surface area contributed by atoms with Gasteiger partial charge in [0, 0.05) is 17.1 Å². The maximum atomic E-state index is 13.6. The number of aromatic nitrogens is 1. The molecular weight excluding hydrogens is 360 g/mol. The molecule has 5 nitrogen and oxygen atoms in total. The number of halogens is 2. The van der Waals surface area contributed by atoms with Crippen molar-refractivity contribution in [3.8, 4) is 5.75 Å². The van der Waals surface area contributed by atoms with Gasteiger partial charge >= 0.3 is 0 Å². The van der Waals surface area contributed by atoms with Crippen molar-refractivity contribution in [2.24, 2.45) is 0 Å². The number of anilines is 3. The molecule has 2 aromatic carbocycles. The lowest BCUT2D eigenvalue weighted by molar-refractivity contribution is 0.102. The monoisotopic (exact) mass is 375 g/mol. The average Bonchev–Trinajstić information content (AvgIpc) is 3.08.